The Morgan fingerprint density at radius 3 is 2.94 bits per heavy atom. The highest BCUT2D eigenvalue weighted by Gasteiger charge is 2.07. The lowest BCUT2D eigenvalue weighted by molar-refractivity contribution is -0.120. The lowest BCUT2D eigenvalue weighted by Crippen LogP contribution is -2.35. The highest BCUT2D eigenvalue weighted by molar-refractivity contribution is 5.78. The summed E-state index contributed by atoms with van der Waals surface area (Å²) < 4.78 is 0. The molecule has 0 aliphatic carbocycles. The largest absolute Gasteiger partial charge is 0.342 e. The van der Waals surface area contributed by atoms with E-state index in [-0.39, 0.29) is 25.0 Å². The molecule has 0 aromatic heterocycles. The summed E-state index contributed by atoms with van der Waals surface area (Å²) >= 11 is 0. The van der Waals surface area contributed by atoms with Crippen molar-refractivity contribution in [2.45, 2.75) is 19.9 Å². The van der Waals surface area contributed by atoms with Crippen LogP contribution < -0.4 is 10.6 Å². The van der Waals surface area contributed by atoms with Gasteiger partial charge in [0.2, 0.25) is 5.91 Å². The summed E-state index contributed by atoms with van der Waals surface area (Å²) in [5.74, 6) is -0.161. The van der Waals surface area contributed by atoms with Crippen LogP contribution in [0.25, 0.3) is 0 Å². The van der Waals surface area contributed by atoms with Crippen LogP contribution in [0.2, 0.25) is 0 Å². The quantitative estimate of drug-likeness (QED) is 0.750. The SMILES string of the molecule is Cc1cccc([C@H](C)NCC(=O)NCC#N)c1. The van der Waals surface area contributed by atoms with Crippen molar-refractivity contribution >= 4 is 5.91 Å². The van der Waals surface area contributed by atoms with Crippen molar-refractivity contribution in [2.24, 2.45) is 0 Å². The van der Waals surface area contributed by atoms with Crippen LogP contribution in [0, 0.1) is 18.3 Å². The Morgan fingerprint density at radius 2 is 2.29 bits per heavy atom. The van der Waals surface area contributed by atoms with Crippen LogP contribution in [0.1, 0.15) is 24.1 Å². The van der Waals surface area contributed by atoms with E-state index in [0.29, 0.717) is 0 Å². The maximum Gasteiger partial charge on any atom is 0.234 e. The Morgan fingerprint density at radius 1 is 1.53 bits per heavy atom. The van der Waals surface area contributed by atoms with Crippen molar-refractivity contribution in [1.82, 2.24) is 10.6 Å². The predicted molar refractivity (Wildman–Crippen MR) is 66.2 cm³/mol. The number of nitrogens with one attached hydrogen (secondary N) is 2. The smallest absolute Gasteiger partial charge is 0.234 e. The zero-order chi connectivity index (χ0) is 12.7. The van der Waals surface area contributed by atoms with Gasteiger partial charge in [0.15, 0.2) is 0 Å². The third-order valence-electron chi connectivity index (χ3n) is 2.48. The summed E-state index contributed by atoms with van der Waals surface area (Å²) in [4.78, 5) is 11.3. The topological polar surface area (TPSA) is 64.9 Å². The molecular formula is C13H17N3O. The van der Waals surface area contributed by atoms with Gasteiger partial charge in [-0.1, -0.05) is 29.8 Å². The second-order valence-corrected chi connectivity index (χ2v) is 3.95. The van der Waals surface area contributed by atoms with E-state index >= 15 is 0 Å². The van der Waals surface area contributed by atoms with Crippen LogP contribution >= 0.6 is 0 Å². The van der Waals surface area contributed by atoms with Crippen molar-refractivity contribution in [3.05, 3.63) is 35.4 Å². The Hall–Kier alpha value is -1.86. The van der Waals surface area contributed by atoms with Crippen LogP contribution in [0.3, 0.4) is 0 Å². The van der Waals surface area contributed by atoms with Crippen molar-refractivity contribution < 1.29 is 4.79 Å². The number of hydrogen-bond acceptors (Lipinski definition) is 3. The van der Waals surface area contributed by atoms with Gasteiger partial charge in [-0.15, -0.1) is 0 Å². The molecule has 2 N–H and O–H groups in total. The average Bonchev–Trinajstić information content (AvgIpc) is 2.33. The molecule has 0 heterocycles. The van der Waals surface area contributed by atoms with Gasteiger partial charge in [0.05, 0.1) is 12.6 Å². The molecule has 4 heteroatoms. The van der Waals surface area contributed by atoms with Gasteiger partial charge < -0.3 is 10.6 Å². The lowest BCUT2D eigenvalue weighted by Gasteiger charge is -2.14. The fourth-order valence-corrected chi connectivity index (χ4v) is 1.50. The second-order valence-electron chi connectivity index (χ2n) is 3.95. The molecule has 1 amide bonds. The van der Waals surface area contributed by atoms with E-state index in [1.807, 2.05) is 38.1 Å². The molecule has 0 fully saturated rings. The van der Waals surface area contributed by atoms with Crippen molar-refractivity contribution in [3.63, 3.8) is 0 Å². The molecule has 0 saturated heterocycles. The monoisotopic (exact) mass is 231 g/mol. The summed E-state index contributed by atoms with van der Waals surface area (Å²) in [6.07, 6.45) is 0. The number of nitriles is 1. The van der Waals surface area contributed by atoms with Gasteiger partial charge >= 0.3 is 0 Å². The van der Waals surface area contributed by atoms with Gasteiger partial charge in [0.1, 0.15) is 6.54 Å². The van der Waals surface area contributed by atoms with Crippen LogP contribution in [-0.2, 0) is 4.79 Å². The molecule has 1 rings (SSSR count). The van der Waals surface area contributed by atoms with Crippen molar-refractivity contribution in [1.29, 1.82) is 5.26 Å². The highest BCUT2D eigenvalue weighted by Crippen LogP contribution is 2.13. The van der Waals surface area contributed by atoms with Gasteiger partial charge in [-0.25, -0.2) is 0 Å². The van der Waals surface area contributed by atoms with Gasteiger partial charge in [-0.3, -0.25) is 4.79 Å². The summed E-state index contributed by atoms with van der Waals surface area (Å²) in [6, 6.07) is 10.1. The molecule has 4 nitrogen and oxygen atoms in total. The summed E-state index contributed by atoms with van der Waals surface area (Å²) in [5.41, 5.74) is 2.35. The molecule has 0 bridgehead atoms. The van der Waals surface area contributed by atoms with Crippen LogP contribution in [0.4, 0.5) is 0 Å². The molecule has 0 radical (unpaired) electrons. The molecule has 0 spiro atoms. The molecule has 0 aliphatic rings. The molecule has 90 valence electrons. The summed E-state index contributed by atoms with van der Waals surface area (Å²) in [7, 11) is 0. The number of carbonyl (C=O) groups is 1. The number of aryl methyl sites for hydroxylation is 1. The fraction of sp³-hybridized carbons (Fsp3) is 0.385. The Kier molecular flexibility index (Phi) is 5.18. The van der Waals surface area contributed by atoms with E-state index in [0.717, 1.165) is 5.56 Å². The first-order valence-electron chi connectivity index (χ1n) is 5.57. The minimum absolute atomic E-state index is 0.0549. The van der Waals surface area contributed by atoms with Gasteiger partial charge in [-0.05, 0) is 19.4 Å². The van der Waals surface area contributed by atoms with E-state index in [4.69, 9.17) is 5.26 Å². The maximum absolute atomic E-state index is 11.3. The lowest BCUT2D eigenvalue weighted by atomic mass is 10.1. The van der Waals surface area contributed by atoms with Crippen LogP contribution in [-0.4, -0.2) is 19.0 Å². The first-order chi connectivity index (χ1) is 8.13. The molecule has 0 saturated carbocycles. The minimum atomic E-state index is -0.161. The van der Waals surface area contributed by atoms with Crippen LogP contribution in [0.5, 0.6) is 0 Å². The number of benzene rings is 1. The van der Waals surface area contributed by atoms with Crippen molar-refractivity contribution in [2.75, 3.05) is 13.1 Å². The molecule has 1 aromatic carbocycles. The van der Waals surface area contributed by atoms with Crippen molar-refractivity contribution in [3.8, 4) is 6.07 Å². The van der Waals surface area contributed by atoms with E-state index in [2.05, 4.69) is 16.7 Å². The number of amides is 1. The molecule has 1 aromatic rings. The zero-order valence-corrected chi connectivity index (χ0v) is 10.2. The second kappa shape index (κ2) is 6.66. The first-order valence-corrected chi connectivity index (χ1v) is 5.57. The summed E-state index contributed by atoms with van der Waals surface area (Å²) in [5, 5.41) is 13.9. The highest BCUT2D eigenvalue weighted by atomic mass is 16.1. The van der Waals surface area contributed by atoms with Gasteiger partial charge in [0, 0.05) is 6.04 Å². The number of carbonyl (C=O) groups excluding carboxylic acids is 1. The first kappa shape index (κ1) is 13.2. The van der Waals surface area contributed by atoms with Gasteiger partial charge in [0.25, 0.3) is 0 Å². The zero-order valence-electron chi connectivity index (χ0n) is 10.2. The molecule has 0 unspecified atom stereocenters. The normalized spacial score (nSPS) is 11.6. The molecule has 1 atom stereocenters. The minimum Gasteiger partial charge on any atom is -0.342 e. The Bertz CT molecular complexity index is 423. The van der Waals surface area contributed by atoms with Crippen LogP contribution in [0.15, 0.2) is 24.3 Å². The molecule has 17 heavy (non-hydrogen) atoms. The average molecular weight is 231 g/mol. The summed E-state index contributed by atoms with van der Waals surface area (Å²) in [6.45, 7) is 4.32. The Labute approximate surface area is 102 Å². The molecule has 0 aliphatic heterocycles. The Balaban J connectivity index is 2.42. The third kappa shape index (κ3) is 4.66. The molecular weight excluding hydrogens is 214 g/mol. The van der Waals surface area contributed by atoms with E-state index < -0.39 is 0 Å². The van der Waals surface area contributed by atoms with Gasteiger partial charge in [-0.2, -0.15) is 5.26 Å². The van der Waals surface area contributed by atoms with E-state index in [1.165, 1.54) is 5.56 Å². The fourth-order valence-electron chi connectivity index (χ4n) is 1.50. The maximum atomic E-state index is 11.3. The van der Waals surface area contributed by atoms with E-state index in [1.54, 1.807) is 0 Å². The number of rotatable bonds is 5. The predicted octanol–water partition coefficient (Wildman–Crippen LogP) is 1.29. The number of nitrogens with zero attached hydrogens (tertiary/aromatic N) is 1. The standard InChI is InChI=1S/C13H17N3O/c1-10-4-3-5-12(8-10)11(2)16-9-13(17)15-7-6-14/h3-5,8,11,16H,7,9H2,1-2H3,(H,15,17)/t11-/m0/s1. The van der Waals surface area contributed by atoms with E-state index in [9.17, 15) is 4.79 Å². The third-order valence-corrected chi connectivity index (χ3v) is 2.48. The number of hydrogen-bond donors (Lipinski definition) is 2.